The van der Waals surface area contributed by atoms with E-state index in [2.05, 4.69) is 77.2 Å². The van der Waals surface area contributed by atoms with E-state index in [0.717, 1.165) is 47.1 Å². The smallest absolute Gasteiger partial charge is 0.227 e. The van der Waals surface area contributed by atoms with Gasteiger partial charge >= 0.3 is 0 Å². The summed E-state index contributed by atoms with van der Waals surface area (Å²) in [4.78, 5) is 9.82. The maximum atomic E-state index is 6.40. The zero-order chi connectivity index (χ0) is 19.7. The molecule has 146 valence electrons. The minimum absolute atomic E-state index is 0.282. The first-order valence-corrected chi connectivity index (χ1v) is 10.5. The van der Waals surface area contributed by atoms with Crippen molar-refractivity contribution < 1.29 is 4.42 Å². The van der Waals surface area contributed by atoms with Crippen LogP contribution in [0.15, 0.2) is 52.9 Å². The summed E-state index contributed by atoms with van der Waals surface area (Å²) in [5.74, 6) is 0. The van der Waals surface area contributed by atoms with E-state index in [-0.39, 0.29) is 6.17 Å². The number of para-hydroxylation sites is 1. The van der Waals surface area contributed by atoms with E-state index in [1.54, 1.807) is 0 Å². The SMILES string of the molecule is Cc1ccc2c(n1)oc1c(N3C4CCN(c5ccccc5C4)C3C)c(C)ccc12. The van der Waals surface area contributed by atoms with Gasteiger partial charge in [-0.2, -0.15) is 0 Å². The molecule has 0 aliphatic carbocycles. The molecule has 2 atom stereocenters. The lowest BCUT2D eigenvalue weighted by atomic mass is 9.99. The molecule has 0 spiro atoms. The normalized spacial score (nSPS) is 21.1. The van der Waals surface area contributed by atoms with Crippen LogP contribution in [-0.4, -0.2) is 23.7 Å². The van der Waals surface area contributed by atoms with Crippen LogP contribution in [0, 0.1) is 13.8 Å². The zero-order valence-corrected chi connectivity index (χ0v) is 17.1. The van der Waals surface area contributed by atoms with Crippen LogP contribution in [0.3, 0.4) is 0 Å². The van der Waals surface area contributed by atoms with E-state index in [1.165, 1.54) is 22.5 Å². The van der Waals surface area contributed by atoms with Gasteiger partial charge < -0.3 is 14.2 Å². The third-order valence-electron chi connectivity index (χ3n) is 6.79. The maximum absolute atomic E-state index is 6.40. The van der Waals surface area contributed by atoms with Crippen molar-refractivity contribution in [2.45, 2.75) is 45.8 Å². The standard InChI is InChI=1S/C25H25N3O/c1-15-8-10-20-21-11-9-16(2)26-25(21)29-24(20)23(15)28-17(3)27-13-12-19(28)14-18-6-4-5-7-22(18)27/h4-11,17,19H,12-14H2,1-3H3. The first-order chi connectivity index (χ1) is 14.1. The number of hydrogen-bond acceptors (Lipinski definition) is 4. The molecule has 5 heterocycles. The predicted molar refractivity (Wildman–Crippen MR) is 119 cm³/mol. The Bertz CT molecular complexity index is 1260. The minimum atomic E-state index is 0.282. The average molecular weight is 383 g/mol. The molecule has 1 fully saturated rings. The fourth-order valence-electron chi connectivity index (χ4n) is 5.40. The minimum Gasteiger partial charge on any atom is -0.436 e. The summed E-state index contributed by atoms with van der Waals surface area (Å²) < 4.78 is 6.40. The Morgan fingerprint density at radius 3 is 2.72 bits per heavy atom. The van der Waals surface area contributed by atoms with Crippen molar-refractivity contribution in [2.75, 3.05) is 16.3 Å². The van der Waals surface area contributed by atoms with Crippen molar-refractivity contribution in [3.63, 3.8) is 0 Å². The van der Waals surface area contributed by atoms with E-state index < -0.39 is 0 Å². The molecular formula is C25H25N3O. The molecular weight excluding hydrogens is 358 g/mol. The Morgan fingerprint density at radius 2 is 1.83 bits per heavy atom. The molecule has 4 nitrogen and oxygen atoms in total. The maximum Gasteiger partial charge on any atom is 0.227 e. The van der Waals surface area contributed by atoms with Gasteiger partial charge in [0.05, 0.1) is 11.9 Å². The molecule has 0 amide bonds. The molecule has 3 aliphatic heterocycles. The number of furan rings is 1. The lowest BCUT2D eigenvalue weighted by Crippen LogP contribution is -2.56. The van der Waals surface area contributed by atoms with Crippen molar-refractivity contribution in [1.82, 2.24) is 4.98 Å². The van der Waals surface area contributed by atoms with Crippen LogP contribution in [-0.2, 0) is 6.42 Å². The Labute approximate surface area is 170 Å². The molecule has 2 aromatic carbocycles. The van der Waals surface area contributed by atoms with Gasteiger partial charge in [0.1, 0.15) is 0 Å². The van der Waals surface area contributed by atoms with E-state index in [0.29, 0.717) is 6.04 Å². The van der Waals surface area contributed by atoms with E-state index in [4.69, 9.17) is 4.42 Å². The fraction of sp³-hybridized carbons (Fsp3) is 0.320. The quantitative estimate of drug-likeness (QED) is 0.429. The molecule has 0 N–H and O–H groups in total. The van der Waals surface area contributed by atoms with Crippen LogP contribution in [0.1, 0.15) is 30.2 Å². The second-order valence-corrected chi connectivity index (χ2v) is 8.52. The molecule has 3 aliphatic rings. The third kappa shape index (κ3) is 2.35. The highest BCUT2D eigenvalue weighted by molar-refractivity contribution is 6.08. The van der Waals surface area contributed by atoms with Crippen LogP contribution in [0.2, 0.25) is 0 Å². The lowest BCUT2D eigenvalue weighted by molar-refractivity contribution is 0.434. The number of rotatable bonds is 1. The van der Waals surface area contributed by atoms with Crippen LogP contribution >= 0.6 is 0 Å². The van der Waals surface area contributed by atoms with Crippen molar-refractivity contribution >= 4 is 33.4 Å². The van der Waals surface area contributed by atoms with E-state index >= 15 is 0 Å². The van der Waals surface area contributed by atoms with Crippen molar-refractivity contribution in [2.24, 2.45) is 0 Å². The highest BCUT2D eigenvalue weighted by atomic mass is 16.3. The van der Waals surface area contributed by atoms with E-state index in [1.807, 2.05) is 6.92 Å². The number of pyridine rings is 1. The highest BCUT2D eigenvalue weighted by Gasteiger charge is 2.39. The lowest BCUT2D eigenvalue weighted by Gasteiger charge is -2.47. The van der Waals surface area contributed by atoms with Crippen LogP contribution in [0.5, 0.6) is 0 Å². The Balaban J connectivity index is 1.59. The molecule has 2 bridgehead atoms. The molecule has 2 aromatic heterocycles. The Morgan fingerprint density at radius 1 is 1.00 bits per heavy atom. The number of anilines is 2. The van der Waals surface area contributed by atoms with Gasteiger partial charge in [0, 0.05) is 34.7 Å². The number of aryl methyl sites for hydroxylation is 2. The number of aromatic nitrogens is 1. The third-order valence-corrected chi connectivity index (χ3v) is 6.79. The van der Waals surface area contributed by atoms with Crippen LogP contribution < -0.4 is 9.80 Å². The fourth-order valence-corrected chi connectivity index (χ4v) is 5.40. The molecule has 29 heavy (non-hydrogen) atoms. The van der Waals surface area contributed by atoms with Gasteiger partial charge in [-0.15, -0.1) is 0 Å². The summed E-state index contributed by atoms with van der Waals surface area (Å²) in [6.45, 7) is 7.65. The molecule has 1 saturated heterocycles. The van der Waals surface area contributed by atoms with Gasteiger partial charge in [-0.3, -0.25) is 0 Å². The van der Waals surface area contributed by atoms with Crippen molar-refractivity contribution in [3.05, 3.63) is 65.4 Å². The molecule has 4 heteroatoms. The van der Waals surface area contributed by atoms with Gasteiger partial charge in [0.25, 0.3) is 0 Å². The second-order valence-electron chi connectivity index (χ2n) is 8.52. The average Bonchev–Trinajstić information content (AvgIpc) is 2.89. The number of fused-ring (bicyclic) bond motifs is 5. The summed E-state index contributed by atoms with van der Waals surface area (Å²) >= 11 is 0. The first kappa shape index (κ1) is 16.9. The number of hydrogen-bond donors (Lipinski definition) is 0. The Hall–Kier alpha value is -3.01. The predicted octanol–water partition coefficient (Wildman–Crippen LogP) is 5.59. The van der Waals surface area contributed by atoms with Gasteiger partial charge in [0.2, 0.25) is 5.71 Å². The molecule has 2 unspecified atom stereocenters. The summed E-state index contributed by atoms with van der Waals surface area (Å²) in [5.41, 5.74) is 8.03. The number of benzene rings is 2. The van der Waals surface area contributed by atoms with Gasteiger partial charge in [-0.1, -0.05) is 30.3 Å². The molecule has 0 saturated carbocycles. The highest BCUT2D eigenvalue weighted by Crippen LogP contribution is 2.44. The second kappa shape index (κ2) is 5.99. The van der Waals surface area contributed by atoms with Crippen molar-refractivity contribution in [1.29, 1.82) is 0 Å². The van der Waals surface area contributed by atoms with Gasteiger partial charge in [-0.25, -0.2) is 4.98 Å². The zero-order valence-electron chi connectivity index (χ0n) is 17.1. The molecule has 4 aromatic rings. The molecule has 7 rings (SSSR count). The largest absolute Gasteiger partial charge is 0.436 e. The Kier molecular flexibility index (Phi) is 3.49. The van der Waals surface area contributed by atoms with Crippen LogP contribution in [0.25, 0.3) is 22.1 Å². The monoisotopic (exact) mass is 383 g/mol. The summed E-state index contributed by atoms with van der Waals surface area (Å²) in [6, 6.07) is 18.0. The van der Waals surface area contributed by atoms with Crippen molar-refractivity contribution in [3.8, 4) is 0 Å². The van der Waals surface area contributed by atoms with Gasteiger partial charge in [0.15, 0.2) is 5.58 Å². The summed E-state index contributed by atoms with van der Waals surface area (Å²) in [5, 5.41) is 2.26. The van der Waals surface area contributed by atoms with Gasteiger partial charge in [-0.05, 0) is 62.9 Å². The number of nitrogens with zero attached hydrogens (tertiary/aromatic N) is 3. The summed E-state index contributed by atoms with van der Waals surface area (Å²) in [7, 11) is 0. The summed E-state index contributed by atoms with van der Waals surface area (Å²) in [6.07, 6.45) is 2.52. The molecule has 0 radical (unpaired) electrons. The first-order valence-electron chi connectivity index (χ1n) is 10.5. The van der Waals surface area contributed by atoms with Crippen LogP contribution in [0.4, 0.5) is 11.4 Å². The van der Waals surface area contributed by atoms with E-state index in [9.17, 15) is 0 Å². The topological polar surface area (TPSA) is 32.5 Å².